The zero-order valence-corrected chi connectivity index (χ0v) is 12.7. The number of ether oxygens (including phenoxy) is 1. The van der Waals surface area contributed by atoms with E-state index in [4.69, 9.17) is 4.74 Å². The molecule has 0 fully saturated rings. The van der Waals surface area contributed by atoms with Crippen molar-refractivity contribution in [2.24, 2.45) is 0 Å². The van der Waals surface area contributed by atoms with E-state index in [0.29, 0.717) is 5.56 Å². The fraction of sp³-hybridized carbons (Fsp3) is 0.571. The highest BCUT2D eigenvalue weighted by Crippen LogP contribution is 2.06. The Balaban J connectivity index is 2.37. The second-order valence-electron chi connectivity index (χ2n) is 4.85. The summed E-state index contributed by atoms with van der Waals surface area (Å²) in [6.07, 6.45) is 1.60. The van der Waals surface area contributed by atoms with Gasteiger partial charge in [-0.15, -0.1) is 0 Å². The molecule has 0 atom stereocenters. The van der Waals surface area contributed by atoms with Crippen molar-refractivity contribution in [2.45, 2.75) is 0 Å². The van der Waals surface area contributed by atoms with Gasteiger partial charge < -0.3 is 19.9 Å². The van der Waals surface area contributed by atoms with Crippen LogP contribution in [0.5, 0.6) is 0 Å². The Morgan fingerprint density at radius 3 is 2.60 bits per heavy atom. The molecule has 0 radical (unpaired) electrons. The second kappa shape index (κ2) is 8.50. The molecule has 0 aliphatic rings. The molecule has 1 N–H and O–H groups in total. The van der Waals surface area contributed by atoms with Crippen LogP contribution in [0.25, 0.3) is 0 Å². The topological polar surface area (TPSA) is 57.7 Å². The van der Waals surface area contributed by atoms with Crippen LogP contribution < -0.4 is 5.32 Å². The third-order valence-corrected chi connectivity index (χ3v) is 2.89. The summed E-state index contributed by atoms with van der Waals surface area (Å²) in [6, 6.07) is 3.61. The van der Waals surface area contributed by atoms with E-state index in [-0.39, 0.29) is 5.91 Å². The van der Waals surface area contributed by atoms with Gasteiger partial charge in [0.15, 0.2) is 0 Å². The van der Waals surface area contributed by atoms with Gasteiger partial charge >= 0.3 is 0 Å². The zero-order chi connectivity index (χ0) is 15.0. The third kappa shape index (κ3) is 5.54. The Hall–Kier alpha value is -1.66. The van der Waals surface area contributed by atoms with Crippen LogP contribution in [0, 0.1) is 0 Å². The van der Waals surface area contributed by atoms with E-state index in [0.717, 1.165) is 32.1 Å². The van der Waals surface area contributed by atoms with E-state index in [2.05, 4.69) is 15.2 Å². The summed E-state index contributed by atoms with van der Waals surface area (Å²) in [6.45, 7) is 3.34. The Bertz CT molecular complexity index is 406. The Labute approximate surface area is 120 Å². The van der Waals surface area contributed by atoms with Crippen LogP contribution in [0.3, 0.4) is 0 Å². The van der Waals surface area contributed by atoms with E-state index in [9.17, 15) is 4.79 Å². The molecular weight excluding hydrogens is 256 g/mol. The number of carbonyl (C=O) groups is 1. The highest BCUT2D eigenvalue weighted by Gasteiger charge is 2.07. The minimum Gasteiger partial charge on any atom is -0.383 e. The van der Waals surface area contributed by atoms with Crippen molar-refractivity contribution >= 4 is 11.7 Å². The van der Waals surface area contributed by atoms with Crippen LogP contribution >= 0.6 is 0 Å². The number of rotatable bonds is 8. The van der Waals surface area contributed by atoms with Gasteiger partial charge in [-0.05, 0) is 19.2 Å². The predicted molar refractivity (Wildman–Crippen MR) is 80.1 cm³/mol. The van der Waals surface area contributed by atoms with E-state index in [1.54, 1.807) is 33.5 Å². The normalized spacial score (nSPS) is 10.7. The number of methoxy groups -OCH3 is 1. The monoisotopic (exact) mass is 280 g/mol. The average molecular weight is 280 g/mol. The molecule has 0 spiro atoms. The number of nitrogens with one attached hydrogen (secondary N) is 1. The highest BCUT2D eigenvalue weighted by atomic mass is 16.5. The first kappa shape index (κ1) is 16.4. The van der Waals surface area contributed by atoms with Gasteiger partial charge in [-0.25, -0.2) is 4.98 Å². The second-order valence-corrected chi connectivity index (χ2v) is 4.85. The smallest absolute Gasteiger partial charge is 0.254 e. The van der Waals surface area contributed by atoms with Gasteiger partial charge in [-0.1, -0.05) is 0 Å². The van der Waals surface area contributed by atoms with Gasteiger partial charge in [-0.2, -0.15) is 0 Å². The third-order valence-electron chi connectivity index (χ3n) is 2.89. The van der Waals surface area contributed by atoms with Crippen molar-refractivity contribution in [1.82, 2.24) is 14.8 Å². The number of amides is 1. The van der Waals surface area contributed by atoms with Crippen molar-refractivity contribution in [1.29, 1.82) is 0 Å². The molecule has 0 saturated heterocycles. The fourth-order valence-corrected chi connectivity index (χ4v) is 1.62. The highest BCUT2D eigenvalue weighted by molar-refractivity contribution is 5.93. The van der Waals surface area contributed by atoms with Crippen LogP contribution in [0.15, 0.2) is 18.3 Å². The maximum atomic E-state index is 11.7. The van der Waals surface area contributed by atoms with E-state index < -0.39 is 0 Å². The molecular formula is C14H24N4O2. The van der Waals surface area contributed by atoms with Crippen molar-refractivity contribution in [3.05, 3.63) is 23.9 Å². The number of hydrogen-bond acceptors (Lipinski definition) is 5. The lowest BCUT2D eigenvalue weighted by Crippen LogP contribution is -2.28. The first-order valence-electron chi connectivity index (χ1n) is 6.63. The molecule has 0 aromatic carbocycles. The number of anilines is 1. The van der Waals surface area contributed by atoms with Gasteiger partial charge in [0.25, 0.3) is 5.91 Å². The lowest BCUT2D eigenvalue weighted by atomic mass is 10.2. The van der Waals surface area contributed by atoms with E-state index >= 15 is 0 Å². The first-order valence-corrected chi connectivity index (χ1v) is 6.63. The van der Waals surface area contributed by atoms with Gasteiger partial charge in [0, 0.05) is 47.0 Å². The summed E-state index contributed by atoms with van der Waals surface area (Å²) < 4.78 is 5.02. The molecule has 0 unspecified atom stereocenters. The summed E-state index contributed by atoms with van der Waals surface area (Å²) >= 11 is 0. The molecule has 1 rings (SSSR count). The summed E-state index contributed by atoms with van der Waals surface area (Å²) in [7, 11) is 7.20. The van der Waals surface area contributed by atoms with Gasteiger partial charge in [-0.3, -0.25) is 4.79 Å². The molecule has 1 aromatic heterocycles. The minimum absolute atomic E-state index is 0.0386. The zero-order valence-electron chi connectivity index (χ0n) is 12.7. The molecule has 112 valence electrons. The van der Waals surface area contributed by atoms with E-state index in [1.807, 2.05) is 13.1 Å². The lowest BCUT2D eigenvalue weighted by Gasteiger charge is -2.16. The summed E-state index contributed by atoms with van der Waals surface area (Å²) in [5.41, 5.74) is 0.595. The molecule has 0 bridgehead atoms. The van der Waals surface area contributed by atoms with Crippen LogP contribution in [0.4, 0.5) is 5.82 Å². The van der Waals surface area contributed by atoms with Crippen LogP contribution in [0.1, 0.15) is 10.4 Å². The van der Waals surface area contributed by atoms with Crippen molar-refractivity contribution in [3.63, 3.8) is 0 Å². The molecule has 20 heavy (non-hydrogen) atoms. The molecule has 1 heterocycles. The average Bonchev–Trinajstić information content (AvgIpc) is 2.45. The lowest BCUT2D eigenvalue weighted by molar-refractivity contribution is 0.0827. The molecule has 6 nitrogen and oxygen atoms in total. The molecule has 1 aromatic rings. The number of nitrogens with zero attached hydrogens (tertiary/aromatic N) is 3. The van der Waals surface area contributed by atoms with Crippen LogP contribution in [-0.4, -0.2) is 75.2 Å². The summed E-state index contributed by atoms with van der Waals surface area (Å²) in [4.78, 5) is 19.7. The number of pyridine rings is 1. The van der Waals surface area contributed by atoms with Crippen molar-refractivity contribution in [2.75, 3.05) is 59.8 Å². The number of carbonyl (C=O) groups excluding carboxylic acids is 1. The minimum atomic E-state index is -0.0386. The predicted octanol–water partition coefficient (Wildman–Crippen LogP) is 0.774. The van der Waals surface area contributed by atoms with Crippen molar-refractivity contribution in [3.8, 4) is 0 Å². The first-order chi connectivity index (χ1) is 9.54. The number of likely N-dealkylation sites (N-methyl/N-ethyl adjacent to an activating group) is 1. The molecule has 0 saturated carbocycles. The Morgan fingerprint density at radius 2 is 2.05 bits per heavy atom. The summed E-state index contributed by atoms with van der Waals surface area (Å²) in [5, 5.41) is 3.23. The van der Waals surface area contributed by atoms with Crippen LogP contribution in [-0.2, 0) is 4.74 Å². The summed E-state index contributed by atoms with van der Waals surface area (Å²) in [5.74, 6) is 0.740. The number of hydrogen-bond donors (Lipinski definition) is 1. The van der Waals surface area contributed by atoms with Gasteiger partial charge in [0.05, 0.1) is 12.2 Å². The van der Waals surface area contributed by atoms with Gasteiger partial charge in [0.2, 0.25) is 0 Å². The van der Waals surface area contributed by atoms with E-state index in [1.165, 1.54) is 4.90 Å². The Kier molecular flexibility index (Phi) is 6.97. The SMILES string of the molecule is COCCN(C)CCNc1ccc(C(=O)N(C)C)cn1. The van der Waals surface area contributed by atoms with Gasteiger partial charge in [0.1, 0.15) is 5.82 Å². The quantitative estimate of drug-likeness (QED) is 0.762. The molecule has 6 heteroatoms. The molecule has 0 aliphatic heterocycles. The van der Waals surface area contributed by atoms with Crippen LogP contribution in [0.2, 0.25) is 0 Å². The maximum Gasteiger partial charge on any atom is 0.254 e. The maximum absolute atomic E-state index is 11.7. The van der Waals surface area contributed by atoms with Crippen molar-refractivity contribution < 1.29 is 9.53 Å². The fourth-order valence-electron chi connectivity index (χ4n) is 1.62. The largest absolute Gasteiger partial charge is 0.383 e. The molecule has 1 amide bonds. The Morgan fingerprint density at radius 1 is 1.30 bits per heavy atom. The number of aromatic nitrogens is 1. The standard InChI is InChI=1S/C14H24N4O2/c1-17(2)14(19)12-5-6-13(16-11-12)15-7-8-18(3)9-10-20-4/h5-6,11H,7-10H2,1-4H3,(H,15,16). The molecule has 0 aliphatic carbocycles.